The van der Waals surface area contributed by atoms with E-state index in [1.165, 1.54) is 0 Å². The molecule has 90 valence electrons. The van der Waals surface area contributed by atoms with Crippen molar-refractivity contribution >= 4 is 17.2 Å². The molecule has 1 aromatic carbocycles. The number of aromatic nitrogens is 1. The molecular weight excluding hydrogens is 222 g/mol. The zero-order valence-corrected chi connectivity index (χ0v) is 9.87. The predicted molar refractivity (Wildman–Crippen MR) is 63.3 cm³/mol. The van der Waals surface area contributed by atoms with E-state index >= 15 is 0 Å². The molecule has 0 aliphatic rings. The molecule has 0 bridgehead atoms. The first kappa shape index (κ1) is 11.3. The van der Waals surface area contributed by atoms with Crippen molar-refractivity contribution in [2.75, 3.05) is 21.3 Å². The first-order valence-corrected chi connectivity index (χ1v) is 5.02. The summed E-state index contributed by atoms with van der Waals surface area (Å²) in [5.74, 6) is 1.61. The third-order valence-electron chi connectivity index (χ3n) is 2.57. The van der Waals surface area contributed by atoms with Gasteiger partial charge in [-0.3, -0.25) is 4.79 Å². The number of aromatic amines is 1. The van der Waals surface area contributed by atoms with Crippen molar-refractivity contribution in [3.8, 4) is 17.2 Å². The van der Waals surface area contributed by atoms with E-state index in [1.807, 2.05) is 0 Å². The summed E-state index contributed by atoms with van der Waals surface area (Å²) < 4.78 is 15.8. The topological polar surface area (TPSA) is 60.6 Å². The van der Waals surface area contributed by atoms with Crippen LogP contribution in [0.25, 0.3) is 10.9 Å². The van der Waals surface area contributed by atoms with E-state index in [1.54, 1.807) is 33.5 Å². The minimum atomic E-state index is 0.480. The van der Waals surface area contributed by atoms with Gasteiger partial charge in [0, 0.05) is 11.5 Å². The van der Waals surface area contributed by atoms with Gasteiger partial charge in [0.15, 0.2) is 17.8 Å². The van der Waals surface area contributed by atoms with Crippen LogP contribution in [0.15, 0.2) is 12.1 Å². The Labute approximate surface area is 98.3 Å². The third-order valence-corrected chi connectivity index (χ3v) is 2.57. The molecule has 0 fully saturated rings. The van der Waals surface area contributed by atoms with Crippen LogP contribution < -0.4 is 14.2 Å². The van der Waals surface area contributed by atoms with Crippen molar-refractivity contribution in [2.45, 2.75) is 0 Å². The van der Waals surface area contributed by atoms with Crippen LogP contribution in [0.4, 0.5) is 0 Å². The van der Waals surface area contributed by atoms with E-state index in [0.29, 0.717) is 22.9 Å². The number of carbonyl (C=O) groups excluding carboxylic acids is 1. The summed E-state index contributed by atoms with van der Waals surface area (Å²) in [7, 11) is 4.64. The third kappa shape index (κ3) is 1.69. The van der Waals surface area contributed by atoms with Crippen LogP contribution in [-0.4, -0.2) is 32.6 Å². The quantitative estimate of drug-likeness (QED) is 0.823. The Kier molecular flexibility index (Phi) is 2.91. The first-order chi connectivity index (χ1) is 8.24. The van der Waals surface area contributed by atoms with Gasteiger partial charge < -0.3 is 19.2 Å². The van der Waals surface area contributed by atoms with E-state index in [4.69, 9.17) is 14.2 Å². The van der Waals surface area contributed by atoms with E-state index in [9.17, 15) is 4.79 Å². The van der Waals surface area contributed by atoms with Gasteiger partial charge in [-0.2, -0.15) is 0 Å². The van der Waals surface area contributed by atoms with E-state index in [0.717, 1.165) is 17.2 Å². The molecule has 5 nitrogen and oxygen atoms in total. The van der Waals surface area contributed by atoms with Crippen LogP contribution in [0.5, 0.6) is 17.2 Å². The summed E-state index contributed by atoms with van der Waals surface area (Å²) in [4.78, 5) is 13.7. The minimum absolute atomic E-state index is 0.480. The maximum atomic E-state index is 10.8. The zero-order chi connectivity index (χ0) is 12.4. The number of aldehydes is 1. The van der Waals surface area contributed by atoms with Gasteiger partial charge in [-0.05, 0) is 6.07 Å². The average molecular weight is 235 g/mol. The Morgan fingerprint density at radius 2 is 1.76 bits per heavy atom. The Balaban J connectivity index is 2.80. The van der Waals surface area contributed by atoms with Crippen molar-refractivity contribution < 1.29 is 19.0 Å². The van der Waals surface area contributed by atoms with Crippen LogP contribution in [-0.2, 0) is 0 Å². The monoisotopic (exact) mass is 235 g/mol. The smallest absolute Gasteiger partial charge is 0.204 e. The maximum absolute atomic E-state index is 10.8. The first-order valence-electron chi connectivity index (χ1n) is 5.02. The van der Waals surface area contributed by atoms with Crippen molar-refractivity contribution in [1.29, 1.82) is 0 Å². The number of ether oxygens (including phenoxy) is 3. The molecule has 0 saturated carbocycles. The van der Waals surface area contributed by atoms with Crippen LogP contribution in [0.2, 0.25) is 0 Å². The molecule has 1 N–H and O–H groups in total. The molecule has 0 unspecified atom stereocenters. The molecule has 0 atom stereocenters. The van der Waals surface area contributed by atoms with Crippen molar-refractivity contribution in [1.82, 2.24) is 4.98 Å². The molecule has 5 heteroatoms. The van der Waals surface area contributed by atoms with Crippen molar-refractivity contribution in [2.24, 2.45) is 0 Å². The second kappa shape index (κ2) is 4.37. The van der Waals surface area contributed by atoms with Gasteiger partial charge in [0.1, 0.15) is 0 Å². The molecule has 2 rings (SSSR count). The summed E-state index contributed by atoms with van der Waals surface area (Å²) in [6.45, 7) is 0. The molecule has 17 heavy (non-hydrogen) atoms. The molecule has 0 radical (unpaired) electrons. The SMILES string of the molecule is COc1cc2[nH]c(C=O)cc2c(OC)c1OC. The fourth-order valence-electron chi connectivity index (χ4n) is 1.84. The number of rotatable bonds is 4. The second-order valence-electron chi connectivity index (χ2n) is 3.45. The standard InChI is InChI=1S/C12H13NO4/c1-15-10-5-9-8(4-7(6-14)13-9)11(16-2)12(10)17-3/h4-6,13H,1-3H3. The maximum Gasteiger partial charge on any atom is 0.204 e. The van der Waals surface area contributed by atoms with Gasteiger partial charge in [0.05, 0.1) is 32.5 Å². The van der Waals surface area contributed by atoms with Gasteiger partial charge in [0.2, 0.25) is 5.75 Å². The zero-order valence-electron chi connectivity index (χ0n) is 9.87. The second-order valence-corrected chi connectivity index (χ2v) is 3.45. The summed E-state index contributed by atoms with van der Waals surface area (Å²) in [5.41, 5.74) is 1.25. The van der Waals surface area contributed by atoms with Crippen LogP contribution >= 0.6 is 0 Å². The Hall–Kier alpha value is -2.17. The normalized spacial score (nSPS) is 10.3. The lowest BCUT2D eigenvalue weighted by Gasteiger charge is -2.12. The lowest BCUT2D eigenvalue weighted by molar-refractivity contribution is 0.112. The molecular formula is C12H13NO4. The number of H-pyrrole nitrogens is 1. The Bertz CT molecular complexity index is 559. The van der Waals surface area contributed by atoms with Crippen LogP contribution in [0.1, 0.15) is 10.5 Å². The molecule has 0 spiro atoms. The summed E-state index contributed by atoms with van der Waals surface area (Å²) >= 11 is 0. The summed E-state index contributed by atoms with van der Waals surface area (Å²) in [5, 5.41) is 0.784. The average Bonchev–Trinajstić information content (AvgIpc) is 2.78. The highest BCUT2D eigenvalue weighted by atomic mass is 16.5. The number of hydrogen-bond acceptors (Lipinski definition) is 4. The van der Waals surface area contributed by atoms with Crippen LogP contribution in [0, 0.1) is 0 Å². The number of methoxy groups -OCH3 is 3. The minimum Gasteiger partial charge on any atom is -0.493 e. The molecule has 1 aromatic heterocycles. The van der Waals surface area contributed by atoms with Crippen LogP contribution in [0.3, 0.4) is 0 Å². The number of nitrogens with one attached hydrogen (secondary N) is 1. The highest BCUT2D eigenvalue weighted by molar-refractivity contribution is 5.95. The highest BCUT2D eigenvalue weighted by Crippen LogP contribution is 2.43. The molecule has 0 aliphatic carbocycles. The van der Waals surface area contributed by atoms with Gasteiger partial charge in [0.25, 0.3) is 0 Å². The predicted octanol–water partition coefficient (Wildman–Crippen LogP) is 2.01. The van der Waals surface area contributed by atoms with Gasteiger partial charge in [-0.1, -0.05) is 0 Å². The fraction of sp³-hybridized carbons (Fsp3) is 0.250. The van der Waals surface area contributed by atoms with E-state index in [2.05, 4.69) is 4.98 Å². The summed E-state index contributed by atoms with van der Waals surface area (Å²) in [6.07, 6.45) is 0.748. The molecule has 0 aliphatic heterocycles. The molecule has 0 amide bonds. The van der Waals surface area contributed by atoms with Crippen molar-refractivity contribution in [3.63, 3.8) is 0 Å². The fourth-order valence-corrected chi connectivity index (χ4v) is 1.84. The highest BCUT2D eigenvalue weighted by Gasteiger charge is 2.17. The molecule has 0 saturated heterocycles. The number of fused-ring (bicyclic) bond motifs is 1. The Morgan fingerprint density at radius 3 is 2.29 bits per heavy atom. The van der Waals surface area contributed by atoms with Gasteiger partial charge in [-0.25, -0.2) is 0 Å². The van der Waals surface area contributed by atoms with Gasteiger partial charge in [-0.15, -0.1) is 0 Å². The Morgan fingerprint density at radius 1 is 1.06 bits per heavy atom. The lowest BCUT2D eigenvalue weighted by Crippen LogP contribution is -1.95. The van der Waals surface area contributed by atoms with E-state index < -0.39 is 0 Å². The van der Waals surface area contributed by atoms with Crippen molar-refractivity contribution in [3.05, 3.63) is 17.8 Å². The number of benzene rings is 1. The lowest BCUT2D eigenvalue weighted by atomic mass is 10.2. The van der Waals surface area contributed by atoms with E-state index in [-0.39, 0.29) is 0 Å². The summed E-state index contributed by atoms with van der Waals surface area (Å²) in [6, 6.07) is 3.48. The number of carbonyl (C=O) groups is 1. The molecule has 2 aromatic rings. The molecule has 1 heterocycles. The largest absolute Gasteiger partial charge is 0.493 e. The number of hydrogen-bond donors (Lipinski definition) is 1. The van der Waals surface area contributed by atoms with Gasteiger partial charge >= 0.3 is 0 Å².